The van der Waals surface area contributed by atoms with Crippen molar-refractivity contribution in [2.75, 3.05) is 0 Å². The van der Waals surface area contributed by atoms with Crippen LogP contribution in [0.3, 0.4) is 0 Å². The first-order valence-electron chi connectivity index (χ1n) is 5.68. The van der Waals surface area contributed by atoms with E-state index >= 15 is 0 Å². The molecule has 0 saturated heterocycles. The highest BCUT2D eigenvalue weighted by atomic mass is 35.5. The fourth-order valence-corrected chi connectivity index (χ4v) is 2.47. The Morgan fingerprint density at radius 3 is 2.44 bits per heavy atom. The lowest BCUT2D eigenvalue weighted by atomic mass is 10.1. The minimum Gasteiger partial charge on any atom is -0.238 e. The van der Waals surface area contributed by atoms with Gasteiger partial charge in [0.15, 0.2) is 0 Å². The predicted octanol–water partition coefficient (Wildman–Crippen LogP) is 4.72. The Morgan fingerprint density at radius 2 is 1.94 bits per heavy atom. The Kier molecular flexibility index (Phi) is 3.79. The first-order valence-corrected chi connectivity index (χ1v) is 6.44. The molecule has 0 N–H and O–H groups in total. The summed E-state index contributed by atoms with van der Waals surface area (Å²) in [4.78, 5) is 0. The molecule has 0 aliphatic rings. The molecule has 0 saturated carbocycles. The summed E-state index contributed by atoms with van der Waals surface area (Å²) < 4.78 is 1.89. The number of hydrogen-bond donors (Lipinski definition) is 0. The van der Waals surface area contributed by atoms with Gasteiger partial charge in [0.25, 0.3) is 0 Å². The zero-order chi connectivity index (χ0) is 13.3. The van der Waals surface area contributed by atoms with Crippen LogP contribution in [0.25, 0.3) is 5.70 Å². The fraction of sp³-hybridized carbons (Fsp3) is 0.214. The lowest BCUT2D eigenvalue weighted by Gasteiger charge is -2.11. The maximum absolute atomic E-state index is 6.25. The lowest BCUT2D eigenvalue weighted by Crippen LogP contribution is -2.03. The Balaban J connectivity index is 2.56. The molecule has 1 aromatic heterocycles. The van der Waals surface area contributed by atoms with Crippen molar-refractivity contribution in [3.05, 3.63) is 57.3 Å². The van der Waals surface area contributed by atoms with Gasteiger partial charge in [0.1, 0.15) is 0 Å². The molecule has 0 aliphatic carbocycles. The van der Waals surface area contributed by atoms with Crippen LogP contribution in [0.5, 0.6) is 0 Å². The van der Waals surface area contributed by atoms with E-state index < -0.39 is 0 Å². The Bertz CT molecular complexity index is 612. The van der Waals surface area contributed by atoms with Crippen molar-refractivity contribution < 1.29 is 0 Å². The molecular weight excluding hydrogens is 267 g/mol. The summed E-state index contributed by atoms with van der Waals surface area (Å²) in [5, 5.41) is 5.74. The number of rotatable bonds is 2. The molecule has 4 heteroatoms. The molecule has 0 radical (unpaired) electrons. The number of nitrogens with zero attached hydrogens (tertiary/aromatic N) is 2. The van der Waals surface area contributed by atoms with E-state index in [0.717, 1.165) is 22.6 Å². The van der Waals surface area contributed by atoms with Gasteiger partial charge in [-0.1, -0.05) is 29.3 Å². The molecule has 0 fully saturated rings. The van der Waals surface area contributed by atoms with Crippen molar-refractivity contribution in [1.29, 1.82) is 0 Å². The van der Waals surface area contributed by atoms with Crippen LogP contribution >= 0.6 is 23.2 Å². The second-order valence-electron chi connectivity index (χ2n) is 4.14. The van der Waals surface area contributed by atoms with E-state index in [1.54, 1.807) is 6.07 Å². The molecule has 2 rings (SSSR count). The van der Waals surface area contributed by atoms with Crippen molar-refractivity contribution in [3.8, 4) is 0 Å². The van der Waals surface area contributed by atoms with Gasteiger partial charge < -0.3 is 0 Å². The van der Waals surface area contributed by atoms with Crippen molar-refractivity contribution in [3.63, 3.8) is 0 Å². The number of hydrogen-bond acceptors (Lipinski definition) is 1. The van der Waals surface area contributed by atoms with Crippen LogP contribution in [0, 0.1) is 13.8 Å². The molecule has 0 atom stereocenters. The van der Waals surface area contributed by atoms with E-state index in [4.69, 9.17) is 23.2 Å². The van der Waals surface area contributed by atoms with E-state index in [-0.39, 0.29) is 0 Å². The first kappa shape index (κ1) is 13.2. The minimum absolute atomic E-state index is 0.628. The zero-order valence-electron chi connectivity index (χ0n) is 10.5. The third-order valence-corrected chi connectivity index (χ3v) is 3.27. The summed E-state index contributed by atoms with van der Waals surface area (Å²) in [6.45, 7) is 5.96. The maximum atomic E-state index is 6.25. The molecule has 1 aromatic carbocycles. The smallest absolute Gasteiger partial charge is 0.0693 e. The van der Waals surface area contributed by atoms with Gasteiger partial charge in [0, 0.05) is 16.3 Å². The number of aryl methyl sites for hydroxylation is 2. The number of allylic oxidation sites excluding steroid dienone is 1. The molecule has 2 nitrogen and oxygen atoms in total. The molecule has 0 amide bonds. The van der Waals surface area contributed by atoms with Crippen LogP contribution < -0.4 is 0 Å². The van der Waals surface area contributed by atoms with E-state index in [2.05, 4.69) is 5.10 Å². The van der Waals surface area contributed by atoms with Crippen LogP contribution in [-0.4, -0.2) is 9.78 Å². The van der Waals surface area contributed by atoms with Gasteiger partial charge in [-0.15, -0.1) is 0 Å². The Labute approximate surface area is 117 Å². The summed E-state index contributed by atoms with van der Waals surface area (Å²) in [6.07, 6.45) is 1.99. The van der Waals surface area contributed by atoms with Gasteiger partial charge in [-0.2, -0.15) is 5.10 Å². The maximum Gasteiger partial charge on any atom is 0.0693 e. The van der Waals surface area contributed by atoms with Crippen LogP contribution in [0.4, 0.5) is 0 Å². The summed E-state index contributed by atoms with van der Waals surface area (Å²) in [5.41, 5.74) is 3.94. The molecule has 18 heavy (non-hydrogen) atoms. The Hall–Kier alpha value is -1.25. The standard InChI is InChI=1S/C14H14Cl2N2/c1-4-14(18-10(3)7-9(2)17-18)12-6-5-11(15)8-13(12)16/h4-8H,1-3H3. The number of benzene rings is 1. The third-order valence-electron chi connectivity index (χ3n) is 2.72. The zero-order valence-corrected chi connectivity index (χ0v) is 12.0. The average molecular weight is 281 g/mol. The molecule has 0 aliphatic heterocycles. The van der Waals surface area contributed by atoms with Gasteiger partial charge >= 0.3 is 0 Å². The number of aromatic nitrogens is 2. The minimum atomic E-state index is 0.628. The van der Waals surface area contributed by atoms with E-state index in [1.807, 2.05) is 49.7 Å². The molecule has 1 heterocycles. The second kappa shape index (κ2) is 5.17. The molecule has 0 unspecified atom stereocenters. The summed E-state index contributed by atoms with van der Waals surface area (Å²) in [5.74, 6) is 0. The molecule has 0 bridgehead atoms. The molecule has 2 aromatic rings. The normalized spacial score (nSPS) is 11.9. The van der Waals surface area contributed by atoms with E-state index in [0.29, 0.717) is 10.0 Å². The molecule has 0 spiro atoms. The highest BCUT2D eigenvalue weighted by Crippen LogP contribution is 2.28. The van der Waals surface area contributed by atoms with E-state index in [9.17, 15) is 0 Å². The van der Waals surface area contributed by atoms with Crippen LogP contribution in [0.1, 0.15) is 23.9 Å². The van der Waals surface area contributed by atoms with Gasteiger partial charge in [0.05, 0.1) is 16.4 Å². The first-order chi connectivity index (χ1) is 8.52. The van der Waals surface area contributed by atoms with Gasteiger partial charge in [-0.25, -0.2) is 4.68 Å². The largest absolute Gasteiger partial charge is 0.238 e. The average Bonchev–Trinajstić information content (AvgIpc) is 2.62. The second-order valence-corrected chi connectivity index (χ2v) is 4.98. The molecule has 94 valence electrons. The predicted molar refractivity (Wildman–Crippen MR) is 77.2 cm³/mol. The van der Waals surface area contributed by atoms with Gasteiger partial charge in [-0.3, -0.25) is 0 Å². The van der Waals surface area contributed by atoms with Crippen LogP contribution in [-0.2, 0) is 0 Å². The quantitative estimate of drug-likeness (QED) is 0.779. The monoisotopic (exact) mass is 280 g/mol. The van der Waals surface area contributed by atoms with Gasteiger partial charge in [0.2, 0.25) is 0 Å². The van der Waals surface area contributed by atoms with Crippen molar-refractivity contribution in [1.82, 2.24) is 9.78 Å². The lowest BCUT2D eigenvalue weighted by molar-refractivity contribution is 0.853. The van der Waals surface area contributed by atoms with Crippen LogP contribution in [0.2, 0.25) is 10.0 Å². The highest BCUT2D eigenvalue weighted by molar-refractivity contribution is 6.35. The van der Waals surface area contributed by atoms with Gasteiger partial charge in [-0.05, 0) is 45.0 Å². The topological polar surface area (TPSA) is 17.8 Å². The SMILES string of the molecule is CC=C(c1ccc(Cl)cc1Cl)n1nc(C)cc1C. The van der Waals surface area contributed by atoms with Crippen molar-refractivity contribution in [2.24, 2.45) is 0 Å². The fourth-order valence-electron chi connectivity index (χ4n) is 1.96. The van der Waals surface area contributed by atoms with Crippen molar-refractivity contribution >= 4 is 28.9 Å². The van der Waals surface area contributed by atoms with Crippen molar-refractivity contribution in [2.45, 2.75) is 20.8 Å². The van der Waals surface area contributed by atoms with E-state index in [1.165, 1.54) is 0 Å². The summed E-state index contributed by atoms with van der Waals surface area (Å²) in [6, 6.07) is 7.52. The summed E-state index contributed by atoms with van der Waals surface area (Å²) in [7, 11) is 0. The number of halogens is 2. The Morgan fingerprint density at radius 1 is 1.22 bits per heavy atom. The molecular formula is C14H14Cl2N2. The summed E-state index contributed by atoms with van der Waals surface area (Å²) >= 11 is 12.2. The highest BCUT2D eigenvalue weighted by Gasteiger charge is 2.11. The van der Waals surface area contributed by atoms with Crippen LogP contribution in [0.15, 0.2) is 30.3 Å². The third kappa shape index (κ3) is 2.45.